The molecule has 1 aliphatic rings. The predicted octanol–water partition coefficient (Wildman–Crippen LogP) is 0.0670. The van der Waals surface area contributed by atoms with Gasteiger partial charge in [0.15, 0.2) is 11.5 Å². The highest BCUT2D eigenvalue weighted by Gasteiger charge is 2.33. The van der Waals surface area contributed by atoms with E-state index in [9.17, 15) is 19.2 Å². The van der Waals surface area contributed by atoms with E-state index < -0.39 is 17.9 Å². The number of carbonyl (C=O) groups excluding carboxylic acids is 4. The molecule has 0 aliphatic carbocycles. The first-order chi connectivity index (χ1) is 14.9. The van der Waals surface area contributed by atoms with Gasteiger partial charge in [-0.05, 0) is 44.9 Å². The molecule has 31 heavy (non-hydrogen) atoms. The molecule has 1 fully saturated rings. The monoisotopic (exact) mass is 434 g/mol. The summed E-state index contributed by atoms with van der Waals surface area (Å²) in [5.74, 6) is -0.527. The third kappa shape index (κ3) is 6.59. The molecular weight excluding hydrogens is 404 g/mol. The van der Waals surface area contributed by atoms with E-state index in [1.165, 1.54) is 11.9 Å². The van der Waals surface area contributed by atoms with Crippen LogP contribution >= 0.6 is 0 Å². The highest BCUT2D eigenvalue weighted by atomic mass is 16.5. The first-order valence-corrected chi connectivity index (χ1v) is 10.4. The van der Waals surface area contributed by atoms with Crippen LogP contribution < -0.4 is 25.4 Å². The number of hydrogen-bond acceptors (Lipinski definition) is 6. The maximum atomic E-state index is 12.4. The van der Waals surface area contributed by atoms with Gasteiger partial charge in [0.25, 0.3) is 5.91 Å². The molecule has 1 aromatic carbocycles. The standard InChI is InChI=1S/C21H30N4O6/c1-4-30-16-9-8-14(11-17(16)31-5-2)20(28)24-12-18(26)23-13-19(27)25-10-6-7-15(25)21(29)22-3/h8-9,11,15H,4-7,10,12-13H2,1-3H3,(H,22,29)(H,23,26)(H,24,28). The van der Waals surface area contributed by atoms with E-state index in [0.29, 0.717) is 43.2 Å². The molecule has 3 N–H and O–H groups in total. The predicted molar refractivity (Wildman–Crippen MR) is 113 cm³/mol. The maximum absolute atomic E-state index is 12.4. The van der Waals surface area contributed by atoms with Crippen LogP contribution in [-0.2, 0) is 14.4 Å². The summed E-state index contributed by atoms with van der Waals surface area (Å²) in [5.41, 5.74) is 0.321. The Morgan fingerprint density at radius 1 is 1.03 bits per heavy atom. The number of nitrogens with one attached hydrogen (secondary N) is 3. The molecule has 0 radical (unpaired) electrons. The number of likely N-dealkylation sites (N-methyl/N-ethyl adjacent to an activating group) is 1. The largest absolute Gasteiger partial charge is 0.490 e. The van der Waals surface area contributed by atoms with E-state index in [-0.39, 0.29) is 24.9 Å². The summed E-state index contributed by atoms with van der Waals surface area (Å²) in [4.78, 5) is 50.1. The zero-order valence-electron chi connectivity index (χ0n) is 18.2. The van der Waals surface area contributed by atoms with Gasteiger partial charge >= 0.3 is 0 Å². The van der Waals surface area contributed by atoms with E-state index in [4.69, 9.17) is 9.47 Å². The Hall–Kier alpha value is -3.30. The summed E-state index contributed by atoms with van der Waals surface area (Å²) in [6.45, 7) is 4.51. The van der Waals surface area contributed by atoms with Gasteiger partial charge in [0.1, 0.15) is 6.04 Å². The first kappa shape index (κ1) is 24.0. The van der Waals surface area contributed by atoms with E-state index >= 15 is 0 Å². The quantitative estimate of drug-likeness (QED) is 0.478. The van der Waals surface area contributed by atoms with Crippen LogP contribution in [0.4, 0.5) is 0 Å². The first-order valence-electron chi connectivity index (χ1n) is 10.4. The number of carbonyl (C=O) groups is 4. The molecule has 0 bridgehead atoms. The number of hydrogen-bond donors (Lipinski definition) is 3. The highest BCUT2D eigenvalue weighted by molar-refractivity contribution is 5.97. The summed E-state index contributed by atoms with van der Waals surface area (Å²) in [5, 5.41) is 7.54. The molecular formula is C21H30N4O6. The Bertz CT molecular complexity index is 813. The van der Waals surface area contributed by atoms with Gasteiger partial charge < -0.3 is 30.3 Å². The maximum Gasteiger partial charge on any atom is 0.251 e. The van der Waals surface area contributed by atoms with Gasteiger partial charge in [0, 0.05) is 19.2 Å². The van der Waals surface area contributed by atoms with E-state index in [1.54, 1.807) is 18.2 Å². The number of amides is 4. The van der Waals surface area contributed by atoms with Gasteiger partial charge in [0.2, 0.25) is 17.7 Å². The van der Waals surface area contributed by atoms with Crippen molar-refractivity contribution in [3.8, 4) is 11.5 Å². The molecule has 1 aliphatic heterocycles. The number of ether oxygens (including phenoxy) is 2. The van der Waals surface area contributed by atoms with Gasteiger partial charge in [-0.3, -0.25) is 19.2 Å². The van der Waals surface area contributed by atoms with Crippen LogP contribution in [0.5, 0.6) is 11.5 Å². The van der Waals surface area contributed by atoms with E-state index in [1.807, 2.05) is 13.8 Å². The average Bonchev–Trinajstić information content (AvgIpc) is 3.26. The summed E-state index contributed by atoms with van der Waals surface area (Å²) in [7, 11) is 1.52. The van der Waals surface area contributed by atoms with Crippen LogP contribution in [0.2, 0.25) is 0 Å². The number of nitrogens with zero attached hydrogens (tertiary/aromatic N) is 1. The Morgan fingerprint density at radius 3 is 2.42 bits per heavy atom. The average molecular weight is 434 g/mol. The summed E-state index contributed by atoms with van der Waals surface area (Å²) >= 11 is 0. The fourth-order valence-electron chi connectivity index (χ4n) is 3.30. The van der Waals surface area contributed by atoms with Crippen LogP contribution in [0, 0.1) is 0 Å². The summed E-state index contributed by atoms with van der Waals surface area (Å²) < 4.78 is 11.0. The van der Waals surface area contributed by atoms with Crippen LogP contribution in [-0.4, -0.2) is 74.5 Å². The smallest absolute Gasteiger partial charge is 0.251 e. The Kier molecular flexibility index (Phi) is 9.11. The normalized spacial score (nSPS) is 15.2. The molecule has 1 aromatic rings. The Balaban J connectivity index is 1.84. The zero-order valence-corrected chi connectivity index (χ0v) is 18.2. The van der Waals surface area contributed by atoms with Gasteiger partial charge in [-0.25, -0.2) is 0 Å². The van der Waals surface area contributed by atoms with Crippen molar-refractivity contribution < 1.29 is 28.7 Å². The van der Waals surface area contributed by atoms with E-state index in [0.717, 1.165) is 6.42 Å². The fraction of sp³-hybridized carbons (Fsp3) is 0.524. The van der Waals surface area contributed by atoms with Crippen LogP contribution in [0.25, 0.3) is 0 Å². The number of rotatable bonds is 10. The zero-order chi connectivity index (χ0) is 22.8. The minimum Gasteiger partial charge on any atom is -0.490 e. The molecule has 4 amide bonds. The Morgan fingerprint density at radius 2 is 1.74 bits per heavy atom. The SMILES string of the molecule is CCOc1ccc(C(=O)NCC(=O)NCC(=O)N2CCCC2C(=O)NC)cc1OCC. The highest BCUT2D eigenvalue weighted by Crippen LogP contribution is 2.28. The van der Waals surface area contributed by atoms with Crippen molar-refractivity contribution in [1.82, 2.24) is 20.9 Å². The lowest BCUT2D eigenvalue weighted by molar-refractivity contribution is -0.138. The summed E-state index contributed by atoms with van der Waals surface area (Å²) in [6.07, 6.45) is 1.33. The third-order valence-electron chi connectivity index (χ3n) is 4.77. The molecule has 10 heteroatoms. The topological polar surface area (TPSA) is 126 Å². The van der Waals surface area contributed by atoms with Crippen molar-refractivity contribution in [2.45, 2.75) is 32.7 Å². The lowest BCUT2D eigenvalue weighted by Crippen LogP contribution is -2.49. The second-order valence-electron chi connectivity index (χ2n) is 6.85. The minimum absolute atomic E-state index is 0.216. The van der Waals surface area contributed by atoms with E-state index in [2.05, 4.69) is 16.0 Å². The summed E-state index contributed by atoms with van der Waals surface area (Å²) in [6, 6.07) is 4.27. The Labute approximate surface area is 181 Å². The van der Waals surface area contributed by atoms with Gasteiger partial charge in [-0.1, -0.05) is 0 Å². The molecule has 1 heterocycles. The van der Waals surface area contributed by atoms with Crippen molar-refractivity contribution in [3.05, 3.63) is 23.8 Å². The van der Waals surface area contributed by atoms with Crippen LogP contribution in [0.3, 0.4) is 0 Å². The molecule has 1 saturated heterocycles. The van der Waals surface area contributed by atoms with Gasteiger partial charge in [0.05, 0.1) is 26.3 Å². The number of likely N-dealkylation sites (tertiary alicyclic amines) is 1. The van der Waals surface area contributed by atoms with Crippen LogP contribution in [0.15, 0.2) is 18.2 Å². The molecule has 1 unspecified atom stereocenters. The van der Waals surface area contributed by atoms with Crippen molar-refractivity contribution in [2.75, 3.05) is 39.9 Å². The molecule has 170 valence electrons. The third-order valence-corrected chi connectivity index (χ3v) is 4.77. The second-order valence-corrected chi connectivity index (χ2v) is 6.85. The fourth-order valence-corrected chi connectivity index (χ4v) is 3.30. The molecule has 0 saturated carbocycles. The van der Waals surface area contributed by atoms with Crippen LogP contribution in [0.1, 0.15) is 37.0 Å². The van der Waals surface area contributed by atoms with Gasteiger partial charge in [-0.15, -0.1) is 0 Å². The number of benzene rings is 1. The van der Waals surface area contributed by atoms with Crippen molar-refractivity contribution in [3.63, 3.8) is 0 Å². The lowest BCUT2D eigenvalue weighted by atomic mass is 10.2. The second kappa shape index (κ2) is 11.8. The molecule has 10 nitrogen and oxygen atoms in total. The molecule has 2 rings (SSSR count). The molecule has 1 atom stereocenters. The van der Waals surface area contributed by atoms with Crippen molar-refractivity contribution >= 4 is 23.6 Å². The molecule has 0 spiro atoms. The molecule has 0 aromatic heterocycles. The lowest BCUT2D eigenvalue weighted by Gasteiger charge is -2.23. The van der Waals surface area contributed by atoms with Gasteiger partial charge in [-0.2, -0.15) is 0 Å². The minimum atomic E-state index is -0.506. The van der Waals surface area contributed by atoms with Crippen molar-refractivity contribution in [1.29, 1.82) is 0 Å². The van der Waals surface area contributed by atoms with Crippen molar-refractivity contribution in [2.24, 2.45) is 0 Å².